The van der Waals surface area contributed by atoms with Crippen LogP contribution in [0.2, 0.25) is 90.3 Å². The Balaban J connectivity index is 8.82. The van der Waals surface area contributed by atoms with Crippen molar-refractivity contribution in [2.45, 2.75) is 256 Å². The molecule has 0 aliphatic heterocycles. The summed E-state index contributed by atoms with van der Waals surface area (Å²) in [6.45, 7) is 64.4. The fourth-order valence-electron chi connectivity index (χ4n) is 14.3. The zero-order chi connectivity index (χ0) is 36.3. The molecule has 0 nitrogen and oxygen atoms in total. The fraction of sp³-hybridized carbons (Fsp3) is 1.00. The molecule has 0 aromatic heterocycles. The Bertz CT molecular complexity index is 622. The van der Waals surface area contributed by atoms with Gasteiger partial charge >= 0.3 is 0 Å². The molecule has 0 saturated carbocycles. The molecule has 0 aliphatic rings. The lowest BCUT2D eigenvalue weighted by Crippen LogP contribution is -2.66. The Morgan fingerprint density at radius 1 is 0.222 bits per heavy atom. The van der Waals surface area contributed by atoms with Gasteiger partial charge in [-0.2, -0.15) is 23.8 Å². The summed E-state index contributed by atoms with van der Waals surface area (Å²) in [4.78, 5) is 0. The Morgan fingerprint density at radius 2 is 0.311 bits per heavy atom. The van der Waals surface area contributed by atoms with Gasteiger partial charge in [0.05, 0.1) is 0 Å². The second-order valence-electron chi connectivity index (χ2n) is 20.9. The third kappa shape index (κ3) is 8.81. The van der Waals surface area contributed by atoms with Gasteiger partial charge in [0.2, 0.25) is 0 Å². The van der Waals surface area contributed by atoms with Crippen LogP contribution >= 0.6 is 0 Å². The van der Waals surface area contributed by atoms with Gasteiger partial charge in [0.1, 0.15) is 0 Å². The summed E-state index contributed by atoms with van der Waals surface area (Å²) in [5.41, 5.74) is 10.1. The van der Waals surface area contributed by atoms with Gasteiger partial charge < -0.3 is 0 Å². The van der Waals surface area contributed by atoms with Crippen molar-refractivity contribution in [2.75, 3.05) is 0 Å². The van der Waals surface area contributed by atoms with E-state index in [1.807, 2.05) is 0 Å². The Hall–Kier alpha value is 0.932. The third-order valence-corrected chi connectivity index (χ3v) is 48.1. The van der Waals surface area contributed by atoms with Crippen LogP contribution in [0.25, 0.3) is 0 Å². The van der Waals surface area contributed by atoms with Gasteiger partial charge in [0, 0.05) is 32.3 Å². The van der Waals surface area contributed by atoms with E-state index in [0.29, 0.717) is 0 Å². The summed E-state index contributed by atoms with van der Waals surface area (Å²) in [6.07, 6.45) is -0.574. The molecule has 0 spiro atoms. The van der Waals surface area contributed by atoms with Gasteiger partial charge in [-0.25, -0.2) is 0 Å². The third-order valence-electron chi connectivity index (χ3n) is 16.0. The number of hydrogen-bond donors (Lipinski definition) is 0. The van der Waals surface area contributed by atoms with Crippen LogP contribution in [0.1, 0.15) is 166 Å². The van der Waals surface area contributed by atoms with Crippen molar-refractivity contribution >= 4 is 38.4 Å². The van der Waals surface area contributed by atoms with E-state index in [4.69, 9.17) is 0 Å². The average molecular weight is 696 g/mol. The van der Waals surface area contributed by atoms with Gasteiger partial charge in [0.25, 0.3) is 0 Å². The molecule has 0 rings (SSSR count). The van der Waals surface area contributed by atoms with E-state index in [9.17, 15) is 0 Å². The topological polar surface area (TPSA) is 0 Å². The maximum absolute atomic E-state index is 2.68. The first-order valence-corrected chi connectivity index (χ1v) is 30.1. The van der Waals surface area contributed by atoms with Crippen LogP contribution in [0.5, 0.6) is 0 Å². The SMILES string of the molecule is CC(C)[Si](C[B-](C[Si](C(C)C)(C(C)C)C(C)C)(C[Si](C(C)C)(C(C)C)C(C)C)C[Si](C(C)C)(C(C)C)C(C)C)(C(C)C)C(C)C. The predicted octanol–water partition coefficient (Wildman–Crippen LogP) is 16.3. The lowest BCUT2D eigenvalue weighted by atomic mass is 9.30. The molecule has 0 unspecified atom stereocenters. The van der Waals surface area contributed by atoms with Gasteiger partial charge in [-0.15, -0.1) is 0 Å². The summed E-state index contributed by atoms with van der Waals surface area (Å²) >= 11 is 0. The lowest BCUT2D eigenvalue weighted by Gasteiger charge is -2.65. The molecule has 0 N–H and O–H groups in total. The summed E-state index contributed by atoms with van der Waals surface area (Å²) < 4.78 is 0. The molecule has 0 aromatic carbocycles. The van der Waals surface area contributed by atoms with Gasteiger partial charge in [-0.05, 0) is 6.15 Å². The predicted molar refractivity (Wildman–Crippen MR) is 229 cm³/mol. The van der Waals surface area contributed by atoms with Crippen LogP contribution < -0.4 is 0 Å². The molecule has 0 bridgehead atoms. The van der Waals surface area contributed by atoms with Crippen molar-refractivity contribution in [3.05, 3.63) is 0 Å². The van der Waals surface area contributed by atoms with Crippen LogP contribution in [-0.2, 0) is 0 Å². The van der Waals surface area contributed by atoms with E-state index in [1.54, 1.807) is 23.8 Å². The molecule has 0 heterocycles. The molecule has 272 valence electrons. The molecular weight excluding hydrogens is 604 g/mol. The van der Waals surface area contributed by atoms with Gasteiger partial charge in [-0.3, -0.25) is 0 Å². The minimum absolute atomic E-state index is 0.574. The summed E-state index contributed by atoms with van der Waals surface area (Å²) in [7, 11) is -6.72. The zero-order valence-electron chi connectivity index (χ0n) is 36.3. The summed E-state index contributed by atoms with van der Waals surface area (Å²) in [6, 6.07) is 0. The molecular formula is C40H92BSi4-. The standard InChI is InChI=1S/C40H92BSi4/c1-29(2)42(30(3)4,31(5)6)25-41(26-43(32(7)8,33(9)10)34(11)12,27-44(35(13)14,36(15)16)37(17)18)28-45(38(19)20,39(21)22)40(23)24/h29-40H,25-28H2,1-24H3/q-1. The van der Waals surface area contributed by atoms with E-state index in [0.717, 1.165) is 66.5 Å². The van der Waals surface area contributed by atoms with Gasteiger partial charge in [0.15, 0.2) is 0 Å². The molecule has 0 amide bonds. The van der Waals surface area contributed by atoms with Crippen LogP contribution in [0.3, 0.4) is 0 Å². The quantitative estimate of drug-likeness (QED) is 0.111. The van der Waals surface area contributed by atoms with Crippen molar-refractivity contribution in [3.63, 3.8) is 0 Å². The highest BCUT2D eigenvalue weighted by Gasteiger charge is 2.57. The molecule has 0 fully saturated rings. The van der Waals surface area contributed by atoms with Crippen molar-refractivity contribution in [1.29, 1.82) is 0 Å². The summed E-state index contributed by atoms with van der Waals surface area (Å²) in [5, 5.41) is 0. The number of rotatable bonds is 20. The van der Waals surface area contributed by atoms with Gasteiger partial charge in [-0.1, -0.05) is 233 Å². The van der Waals surface area contributed by atoms with Crippen molar-refractivity contribution < 1.29 is 0 Å². The molecule has 0 atom stereocenters. The minimum atomic E-state index is -1.68. The second-order valence-corrected chi connectivity index (χ2v) is 45.2. The minimum Gasteiger partial charge on any atom is -0.182 e. The summed E-state index contributed by atoms with van der Waals surface area (Å²) in [5.74, 6) is 6.62. The van der Waals surface area contributed by atoms with Crippen LogP contribution in [-0.4, -0.2) is 38.4 Å². The highest BCUT2D eigenvalue weighted by atomic mass is 28.3. The van der Waals surface area contributed by atoms with E-state index >= 15 is 0 Å². The van der Waals surface area contributed by atoms with Crippen molar-refractivity contribution in [1.82, 2.24) is 0 Å². The Morgan fingerprint density at radius 3 is 0.378 bits per heavy atom. The molecule has 5 heteroatoms. The molecule has 0 aliphatic carbocycles. The first kappa shape index (κ1) is 45.9. The average Bonchev–Trinajstić information content (AvgIpc) is 2.84. The van der Waals surface area contributed by atoms with Crippen LogP contribution in [0.4, 0.5) is 0 Å². The maximum Gasteiger partial charge on any atom is 0.0269 e. The largest absolute Gasteiger partial charge is 0.182 e. The highest BCUT2D eigenvalue weighted by molar-refractivity contribution is 7.15. The Labute approximate surface area is 293 Å². The van der Waals surface area contributed by atoms with E-state index in [2.05, 4.69) is 166 Å². The molecule has 0 saturated heterocycles. The van der Waals surface area contributed by atoms with Crippen LogP contribution in [0.15, 0.2) is 0 Å². The first-order valence-electron chi connectivity index (χ1n) is 20.4. The highest BCUT2D eigenvalue weighted by Crippen LogP contribution is 2.60. The normalized spacial score (nSPS) is 15.2. The van der Waals surface area contributed by atoms with E-state index < -0.39 is 38.4 Å². The fourth-order valence-corrected chi connectivity index (χ4v) is 45.4. The van der Waals surface area contributed by atoms with E-state index in [1.165, 1.54) is 0 Å². The second kappa shape index (κ2) is 17.2. The molecule has 45 heavy (non-hydrogen) atoms. The Kier molecular flexibility index (Phi) is 17.6. The smallest absolute Gasteiger partial charge is 0.0269 e. The maximum atomic E-state index is 2.68. The van der Waals surface area contributed by atoms with Crippen molar-refractivity contribution in [2.24, 2.45) is 0 Å². The monoisotopic (exact) mass is 696 g/mol. The molecule has 0 aromatic rings. The zero-order valence-corrected chi connectivity index (χ0v) is 40.3. The molecule has 0 radical (unpaired) electrons. The van der Waals surface area contributed by atoms with Crippen molar-refractivity contribution in [3.8, 4) is 0 Å². The van der Waals surface area contributed by atoms with E-state index in [-0.39, 0.29) is 0 Å². The lowest BCUT2D eigenvalue weighted by molar-refractivity contribution is 0.789. The number of hydrogen-bond acceptors (Lipinski definition) is 0. The van der Waals surface area contributed by atoms with Crippen LogP contribution in [0, 0.1) is 0 Å². The first-order chi connectivity index (χ1) is 20.1.